The highest BCUT2D eigenvalue weighted by Gasteiger charge is 2.30. The predicted molar refractivity (Wildman–Crippen MR) is 84.5 cm³/mol. The number of hydrogen-bond donors (Lipinski definition) is 1. The first-order valence-corrected chi connectivity index (χ1v) is 7.57. The van der Waals surface area contributed by atoms with E-state index in [1.807, 2.05) is 4.90 Å². The third-order valence-corrected chi connectivity index (χ3v) is 3.68. The SMILES string of the molecule is O=C(Nc1ccc(C(F)(F)F)cc1)c1cnc(N2CCOCC2)cn1. The first-order valence-electron chi connectivity index (χ1n) is 7.57. The lowest BCUT2D eigenvalue weighted by Gasteiger charge is -2.27. The van der Waals surface area contributed by atoms with Crippen LogP contribution >= 0.6 is 0 Å². The van der Waals surface area contributed by atoms with E-state index in [9.17, 15) is 18.0 Å². The van der Waals surface area contributed by atoms with E-state index >= 15 is 0 Å². The van der Waals surface area contributed by atoms with Crippen LogP contribution in [0.2, 0.25) is 0 Å². The van der Waals surface area contributed by atoms with E-state index in [1.54, 1.807) is 0 Å². The summed E-state index contributed by atoms with van der Waals surface area (Å²) in [6.07, 6.45) is -1.58. The molecule has 132 valence electrons. The van der Waals surface area contributed by atoms with Crippen molar-refractivity contribution >= 4 is 17.4 Å². The smallest absolute Gasteiger partial charge is 0.378 e. The second-order valence-corrected chi connectivity index (χ2v) is 5.39. The fourth-order valence-corrected chi connectivity index (χ4v) is 2.33. The van der Waals surface area contributed by atoms with Crippen molar-refractivity contribution in [3.05, 3.63) is 47.9 Å². The number of benzene rings is 1. The standard InChI is InChI=1S/C16H15F3N4O2/c17-16(18,19)11-1-3-12(4-2-11)22-15(24)13-9-21-14(10-20-13)23-5-7-25-8-6-23/h1-4,9-10H,5-8H2,(H,22,24). The maximum atomic E-state index is 12.5. The molecule has 1 aromatic carbocycles. The summed E-state index contributed by atoms with van der Waals surface area (Å²) < 4.78 is 42.8. The number of hydrogen-bond acceptors (Lipinski definition) is 5. The van der Waals surface area contributed by atoms with Crippen LogP contribution in [-0.4, -0.2) is 42.2 Å². The van der Waals surface area contributed by atoms with Crippen LogP contribution in [0.4, 0.5) is 24.7 Å². The Morgan fingerprint density at radius 1 is 1.08 bits per heavy atom. The van der Waals surface area contributed by atoms with E-state index in [4.69, 9.17) is 4.74 Å². The highest BCUT2D eigenvalue weighted by Crippen LogP contribution is 2.29. The highest BCUT2D eigenvalue weighted by atomic mass is 19.4. The molecular formula is C16H15F3N4O2. The van der Waals surface area contributed by atoms with Gasteiger partial charge in [0.15, 0.2) is 0 Å². The first-order chi connectivity index (χ1) is 11.9. The van der Waals surface area contributed by atoms with Gasteiger partial charge in [-0.15, -0.1) is 0 Å². The Morgan fingerprint density at radius 3 is 2.32 bits per heavy atom. The lowest BCUT2D eigenvalue weighted by molar-refractivity contribution is -0.137. The summed E-state index contributed by atoms with van der Waals surface area (Å²) in [6.45, 7) is 2.62. The fraction of sp³-hybridized carbons (Fsp3) is 0.312. The van der Waals surface area contributed by atoms with E-state index in [0.29, 0.717) is 32.1 Å². The molecule has 3 rings (SSSR count). The monoisotopic (exact) mass is 352 g/mol. The van der Waals surface area contributed by atoms with Gasteiger partial charge in [0.2, 0.25) is 0 Å². The molecule has 0 radical (unpaired) electrons. The molecule has 0 unspecified atom stereocenters. The average Bonchev–Trinajstić information content (AvgIpc) is 2.62. The number of nitrogens with one attached hydrogen (secondary N) is 1. The number of rotatable bonds is 3. The van der Waals surface area contributed by atoms with Crippen LogP contribution in [0.5, 0.6) is 0 Å². The molecule has 0 saturated carbocycles. The molecule has 1 aliphatic rings. The van der Waals surface area contributed by atoms with Crippen molar-refractivity contribution in [1.82, 2.24) is 9.97 Å². The number of halogens is 3. The van der Waals surface area contributed by atoms with E-state index in [0.717, 1.165) is 12.1 Å². The average molecular weight is 352 g/mol. The summed E-state index contributed by atoms with van der Waals surface area (Å²) in [6, 6.07) is 4.19. The van der Waals surface area contributed by atoms with E-state index in [-0.39, 0.29) is 11.4 Å². The Balaban J connectivity index is 1.64. The summed E-state index contributed by atoms with van der Waals surface area (Å²) in [5.74, 6) is 0.107. The molecule has 25 heavy (non-hydrogen) atoms. The van der Waals surface area contributed by atoms with Crippen molar-refractivity contribution < 1.29 is 22.7 Å². The third-order valence-electron chi connectivity index (χ3n) is 3.68. The van der Waals surface area contributed by atoms with E-state index in [1.165, 1.54) is 24.5 Å². The van der Waals surface area contributed by atoms with Crippen LogP contribution < -0.4 is 10.2 Å². The van der Waals surface area contributed by atoms with Gasteiger partial charge in [-0.2, -0.15) is 13.2 Å². The third kappa shape index (κ3) is 4.24. The molecule has 6 nitrogen and oxygen atoms in total. The van der Waals surface area contributed by atoms with E-state index < -0.39 is 17.6 Å². The van der Waals surface area contributed by atoms with Gasteiger partial charge in [0, 0.05) is 18.8 Å². The van der Waals surface area contributed by atoms with Crippen molar-refractivity contribution in [3.8, 4) is 0 Å². The van der Waals surface area contributed by atoms with Crippen LogP contribution in [0.25, 0.3) is 0 Å². The summed E-state index contributed by atoms with van der Waals surface area (Å²) >= 11 is 0. The summed E-state index contributed by atoms with van der Waals surface area (Å²) in [5.41, 5.74) is -0.450. The summed E-state index contributed by atoms with van der Waals surface area (Å²) in [5, 5.41) is 2.49. The molecule has 0 spiro atoms. The van der Waals surface area contributed by atoms with Gasteiger partial charge in [0.25, 0.3) is 5.91 Å². The van der Waals surface area contributed by atoms with Crippen molar-refractivity contribution in [2.75, 3.05) is 36.5 Å². The summed E-state index contributed by atoms with van der Waals surface area (Å²) in [7, 11) is 0. The molecule has 9 heteroatoms. The molecule has 0 bridgehead atoms. The first kappa shape index (κ1) is 17.2. The number of amides is 1. The Bertz CT molecular complexity index is 727. The Hall–Kier alpha value is -2.68. The van der Waals surface area contributed by atoms with Crippen molar-refractivity contribution in [2.24, 2.45) is 0 Å². The number of ether oxygens (including phenoxy) is 1. The van der Waals surface area contributed by atoms with Gasteiger partial charge in [0.05, 0.1) is 31.2 Å². The maximum Gasteiger partial charge on any atom is 0.416 e. The molecule has 0 aliphatic carbocycles. The second kappa shape index (κ2) is 7.06. The molecule has 2 aromatic rings. The Kier molecular flexibility index (Phi) is 4.84. The zero-order chi connectivity index (χ0) is 17.9. The second-order valence-electron chi connectivity index (χ2n) is 5.39. The number of alkyl halides is 3. The lowest BCUT2D eigenvalue weighted by atomic mass is 10.2. The van der Waals surface area contributed by atoms with Crippen molar-refractivity contribution in [2.45, 2.75) is 6.18 Å². The molecule has 1 amide bonds. The quantitative estimate of drug-likeness (QED) is 0.920. The Morgan fingerprint density at radius 2 is 1.76 bits per heavy atom. The van der Waals surface area contributed by atoms with Crippen LogP contribution in [0.1, 0.15) is 16.1 Å². The van der Waals surface area contributed by atoms with Crippen LogP contribution in [0.15, 0.2) is 36.7 Å². The van der Waals surface area contributed by atoms with Gasteiger partial charge in [0.1, 0.15) is 11.5 Å². The molecule has 1 aromatic heterocycles. The fourth-order valence-electron chi connectivity index (χ4n) is 2.33. The molecule has 1 aliphatic heterocycles. The van der Waals surface area contributed by atoms with Crippen LogP contribution in [0.3, 0.4) is 0 Å². The largest absolute Gasteiger partial charge is 0.416 e. The van der Waals surface area contributed by atoms with Gasteiger partial charge in [-0.1, -0.05) is 0 Å². The topological polar surface area (TPSA) is 67.4 Å². The maximum absolute atomic E-state index is 12.5. The molecule has 1 N–H and O–H groups in total. The number of anilines is 2. The van der Waals surface area contributed by atoms with Gasteiger partial charge < -0.3 is 15.0 Å². The summed E-state index contributed by atoms with van der Waals surface area (Å²) in [4.78, 5) is 22.4. The number of morpholine rings is 1. The molecule has 1 fully saturated rings. The van der Waals surface area contributed by atoms with Gasteiger partial charge in [-0.25, -0.2) is 9.97 Å². The normalized spacial score (nSPS) is 15.1. The van der Waals surface area contributed by atoms with Gasteiger partial charge in [-0.05, 0) is 24.3 Å². The number of aromatic nitrogens is 2. The van der Waals surface area contributed by atoms with Crippen LogP contribution in [0, 0.1) is 0 Å². The number of carbonyl (C=O) groups excluding carboxylic acids is 1. The molecule has 0 atom stereocenters. The highest BCUT2D eigenvalue weighted by molar-refractivity contribution is 6.02. The lowest BCUT2D eigenvalue weighted by Crippen LogP contribution is -2.36. The minimum Gasteiger partial charge on any atom is -0.378 e. The zero-order valence-corrected chi connectivity index (χ0v) is 13.1. The Labute approximate surface area is 141 Å². The molecule has 2 heterocycles. The zero-order valence-electron chi connectivity index (χ0n) is 13.1. The predicted octanol–water partition coefficient (Wildman–Crippen LogP) is 2.58. The van der Waals surface area contributed by atoms with Crippen molar-refractivity contribution in [1.29, 1.82) is 0 Å². The molecular weight excluding hydrogens is 337 g/mol. The van der Waals surface area contributed by atoms with Crippen molar-refractivity contribution in [3.63, 3.8) is 0 Å². The minimum atomic E-state index is -4.41. The number of carbonyl (C=O) groups is 1. The molecule has 1 saturated heterocycles. The number of nitrogens with zero attached hydrogens (tertiary/aromatic N) is 3. The minimum absolute atomic E-state index is 0.0805. The van der Waals surface area contributed by atoms with Gasteiger partial charge in [-0.3, -0.25) is 4.79 Å². The van der Waals surface area contributed by atoms with Gasteiger partial charge >= 0.3 is 6.18 Å². The van der Waals surface area contributed by atoms with E-state index in [2.05, 4.69) is 15.3 Å². The van der Waals surface area contributed by atoms with Crippen LogP contribution in [-0.2, 0) is 10.9 Å².